The van der Waals surface area contributed by atoms with Gasteiger partial charge in [-0.3, -0.25) is 47.9 Å². The van der Waals surface area contributed by atoms with E-state index < -0.39 is 114 Å². The monoisotopic (exact) mass is 997 g/mol. The van der Waals surface area contributed by atoms with Crippen molar-refractivity contribution in [2.45, 2.75) is 100 Å². The summed E-state index contributed by atoms with van der Waals surface area (Å²) in [6, 6.07) is -3.13. The largest absolute Gasteiger partial charge is 0.481 e. The maximum absolute atomic E-state index is 13.8. The van der Waals surface area contributed by atoms with Gasteiger partial charge in [0.1, 0.15) is 48.3 Å². The quantitative estimate of drug-likeness (QED) is 0.0313. The number of nitrogens with one attached hydrogen (secondary N) is 8. The minimum absolute atomic E-state index is 0.0167. The first-order valence-corrected chi connectivity index (χ1v) is 23.5. The smallest absolute Gasteiger partial charge is 0.305 e. The van der Waals surface area contributed by atoms with Crippen molar-refractivity contribution in [1.82, 2.24) is 47.1 Å². The Bertz CT molecular complexity index is 2080. The van der Waals surface area contributed by atoms with E-state index in [1.54, 1.807) is 12.3 Å². The lowest BCUT2D eigenvalue weighted by Crippen LogP contribution is -2.61. The molecule has 22 nitrogen and oxygen atoms in total. The zero-order valence-electron chi connectivity index (χ0n) is 36.1. The van der Waals surface area contributed by atoms with Gasteiger partial charge in [0.15, 0.2) is 0 Å². The predicted octanol–water partition coefficient (Wildman–Crippen LogP) is -3.08. The minimum atomic E-state index is -1.72. The molecule has 1 saturated heterocycles. The molecule has 0 unspecified atom stereocenters. The number of thiol groups is 4. The van der Waals surface area contributed by atoms with Crippen molar-refractivity contribution in [3.63, 3.8) is 0 Å². The van der Waals surface area contributed by atoms with Gasteiger partial charge < -0.3 is 63.7 Å². The second-order valence-electron chi connectivity index (χ2n) is 15.4. The lowest BCUT2D eigenvalue weighted by molar-refractivity contribution is -0.142. The van der Waals surface area contributed by atoms with Crippen LogP contribution in [0.5, 0.6) is 0 Å². The van der Waals surface area contributed by atoms with Crippen molar-refractivity contribution in [2.24, 2.45) is 11.5 Å². The van der Waals surface area contributed by atoms with Crippen LogP contribution in [0.1, 0.15) is 51.0 Å². The van der Waals surface area contributed by atoms with E-state index in [9.17, 15) is 53.1 Å². The number of unbranched alkanes of at least 4 members (excludes halogenated alkanes) is 1. The molecule has 1 aromatic heterocycles. The van der Waals surface area contributed by atoms with Crippen LogP contribution in [0, 0.1) is 0 Å². The third-order valence-electron chi connectivity index (χ3n) is 10.5. The van der Waals surface area contributed by atoms with Crippen molar-refractivity contribution < 1.29 is 53.1 Å². The second-order valence-corrected chi connectivity index (χ2v) is 16.8. The van der Waals surface area contributed by atoms with Crippen LogP contribution in [0.3, 0.4) is 0 Å². The molecule has 13 N–H and O–H groups in total. The van der Waals surface area contributed by atoms with Crippen LogP contribution in [0.2, 0.25) is 0 Å². The van der Waals surface area contributed by atoms with E-state index in [1.807, 2.05) is 18.2 Å². The Morgan fingerprint density at radius 3 is 1.77 bits per heavy atom. The molecular formula is C40H59N11O11S4. The van der Waals surface area contributed by atoms with E-state index in [4.69, 9.17) is 11.5 Å². The standard InChI is InChI=1S/C40H59N11O11S4/c1-20(52)44-25(13-21-15-43-23-8-3-2-7-22(21)23)34(56)46-26(14-32(53)54)35(57)47-28(17-64)38(60)50-30(19-66)40(62)51-12-6-10-31(51)39(61)49-29(18-65)37(59)48-27(16-63)36(58)45-24(33(42)55)9-4-5-11-41/h2-3,7-8,15,24-31,43,63-66H,4-6,9-14,16-19,41H2,1H3,(H2,42,55)(H,44,52)(H,45,58)(H,46,56)(H,47,57)(H,48,59)(H,49,61)(H,50,60)(H,53,54)/t24-,25-,26-,27-,28-,29-,30-,31-/m0/s1. The first-order chi connectivity index (χ1) is 31.4. The Balaban J connectivity index is 1.66. The van der Waals surface area contributed by atoms with E-state index in [1.165, 1.54) is 11.8 Å². The van der Waals surface area contributed by atoms with Crippen LogP contribution >= 0.6 is 50.5 Å². The summed E-state index contributed by atoms with van der Waals surface area (Å²) in [5, 5.41) is 27.7. The maximum Gasteiger partial charge on any atom is 0.305 e. The van der Waals surface area contributed by atoms with E-state index in [2.05, 4.69) is 92.7 Å². The molecule has 0 spiro atoms. The first-order valence-electron chi connectivity index (χ1n) is 21.0. The van der Waals surface area contributed by atoms with E-state index in [0.29, 0.717) is 31.4 Å². The highest BCUT2D eigenvalue weighted by Crippen LogP contribution is 2.21. The van der Waals surface area contributed by atoms with Crippen molar-refractivity contribution in [3.8, 4) is 0 Å². The topological polar surface area (TPSA) is 346 Å². The summed E-state index contributed by atoms with van der Waals surface area (Å²) >= 11 is 16.7. The molecule has 2 heterocycles. The highest BCUT2D eigenvalue weighted by atomic mass is 32.1. The number of aliphatic carboxylic acids is 1. The molecule has 1 fully saturated rings. The van der Waals surface area contributed by atoms with E-state index >= 15 is 0 Å². The number of nitrogens with zero attached hydrogens (tertiary/aromatic N) is 1. The number of H-pyrrole nitrogens is 1. The number of hydrogen-bond acceptors (Lipinski definition) is 15. The summed E-state index contributed by atoms with van der Waals surface area (Å²) in [6.07, 6.45) is 2.65. The maximum atomic E-state index is 13.8. The van der Waals surface area contributed by atoms with Gasteiger partial charge in [-0.2, -0.15) is 50.5 Å². The number of benzene rings is 1. The zero-order chi connectivity index (χ0) is 49.1. The van der Waals surface area contributed by atoms with Crippen LogP contribution in [-0.4, -0.2) is 159 Å². The molecule has 8 atom stereocenters. The normalized spacial score (nSPS) is 16.6. The van der Waals surface area contributed by atoms with Gasteiger partial charge in [0.05, 0.1) is 6.42 Å². The SMILES string of the molecule is CC(=O)N[C@@H](Cc1c[nH]c2ccccc12)C(=O)N[C@@H](CC(=O)O)C(=O)N[C@@H](CS)C(=O)N[C@@H](CS)C(=O)N1CCC[C@H]1C(=O)N[C@@H](CS)C(=O)N[C@@H](CS)C(=O)N[C@@H](CCCCN)C(N)=O. The Hall–Kier alpha value is -5.18. The van der Waals surface area contributed by atoms with Crippen molar-refractivity contribution in [1.29, 1.82) is 0 Å². The average molecular weight is 998 g/mol. The van der Waals surface area contributed by atoms with Gasteiger partial charge in [0.2, 0.25) is 53.2 Å². The molecule has 0 bridgehead atoms. The summed E-state index contributed by atoms with van der Waals surface area (Å²) in [7, 11) is 0. The fourth-order valence-electron chi connectivity index (χ4n) is 7.04. The number of hydrogen-bond donors (Lipinski definition) is 15. The fraction of sp³-hybridized carbons (Fsp3) is 0.550. The number of carbonyl (C=O) groups excluding carboxylic acids is 9. The predicted molar refractivity (Wildman–Crippen MR) is 256 cm³/mol. The molecule has 0 saturated carbocycles. The summed E-state index contributed by atoms with van der Waals surface area (Å²) in [6.45, 7) is 1.66. The number of likely N-dealkylation sites (tertiary alicyclic amines) is 1. The molecule has 26 heteroatoms. The highest BCUT2D eigenvalue weighted by Gasteiger charge is 2.40. The van der Waals surface area contributed by atoms with Crippen molar-refractivity contribution >= 4 is 121 Å². The number of nitrogens with two attached hydrogens (primary N) is 2. The van der Waals surface area contributed by atoms with Crippen molar-refractivity contribution in [3.05, 3.63) is 36.0 Å². The van der Waals surface area contributed by atoms with E-state index in [-0.39, 0.29) is 48.8 Å². The van der Waals surface area contributed by atoms with Gasteiger partial charge in [0, 0.05) is 60.0 Å². The lowest BCUT2D eigenvalue weighted by Gasteiger charge is -2.30. The molecule has 9 amide bonds. The molecule has 2 aromatic rings. The molecule has 0 aliphatic carbocycles. The Morgan fingerprint density at radius 2 is 1.23 bits per heavy atom. The minimum Gasteiger partial charge on any atom is -0.481 e. The number of carboxylic acids is 1. The molecule has 3 rings (SSSR count). The van der Waals surface area contributed by atoms with Gasteiger partial charge in [-0.05, 0) is 50.3 Å². The number of primary amides is 1. The number of rotatable bonds is 27. The van der Waals surface area contributed by atoms with Gasteiger partial charge in [-0.1, -0.05) is 18.2 Å². The van der Waals surface area contributed by atoms with Gasteiger partial charge in [0.25, 0.3) is 0 Å². The Morgan fingerprint density at radius 1 is 0.712 bits per heavy atom. The first kappa shape index (κ1) is 55.1. The molecular weight excluding hydrogens is 939 g/mol. The summed E-state index contributed by atoms with van der Waals surface area (Å²) in [4.78, 5) is 134. The van der Waals surface area contributed by atoms with Crippen LogP contribution in [0.4, 0.5) is 0 Å². The molecule has 66 heavy (non-hydrogen) atoms. The number of fused-ring (bicyclic) bond motifs is 1. The molecule has 0 radical (unpaired) electrons. The number of para-hydroxylation sites is 1. The number of aromatic amines is 1. The number of carboxylic acid groups (broad SMARTS) is 1. The Labute approximate surface area is 402 Å². The number of aromatic nitrogens is 1. The highest BCUT2D eigenvalue weighted by molar-refractivity contribution is 7.80. The summed E-state index contributed by atoms with van der Waals surface area (Å²) in [5.41, 5.74) is 12.4. The van der Waals surface area contributed by atoms with Crippen LogP contribution in [0.25, 0.3) is 10.9 Å². The van der Waals surface area contributed by atoms with Crippen LogP contribution in [-0.2, 0) is 54.4 Å². The average Bonchev–Trinajstić information content (AvgIpc) is 3.94. The summed E-state index contributed by atoms with van der Waals surface area (Å²) in [5.74, 6) is -9.64. The molecule has 364 valence electrons. The third-order valence-corrected chi connectivity index (χ3v) is 12.0. The summed E-state index contributed by atoms with van der Waals surface area (Å²) < 4.78 is 0. The molecule has 1 aromatic carbocycles. The molecule has 1 aliphatic rings. The fourth-order valence-corrected chi connectivity index (χ4v) is 8.06. The molecule has 1 aliphatic heterocycles. The lowest BCUT2D eigenvalue weighted by atomic mass is 10.0. The van der Waals surface area contributed by atoms with Crippen LogP contribution in [0.15, 0.2) is 30.5 Å². The van der Waals surface area contributed by atoms with Crippen LogP contribution < -0.4 is 48.7 Å². The Kier molecular flexibility index (Phi) is 22.9. The van der Waals surface area contributed by atoms with Gasteiger partial charge in [-0.25, -0.2) is 0 Å². The van der Waals surface area contributed by atoms with Gasteiger partial charge >= 0.3 is 5.97 Å². The van der Waals surface area contributed by atoms with Crippen molar-refractivity contribution in [2.75, 3.05) is 36.1 Å². The number of carbonyl (C=O) groups is 10. The third kappa shape index (κ3) is 16.3. The zero-order valence-corrected chi connectivity index (χ0v) is 39.7. The number of amides is 9. The second kappa shape index (κ2) is 27.5. The van der Waals surface area contributed by atoms with Gasteiger partial charge in [-0.15, -0.1) is 0 Å². The van der Waals surface area contributed by atoms with E-state index in [0.717, 1.165) is 10.9 Å².